The van der Waals surface area contributed by atoms with Gasteiger partial charge in [0.25, 0.3) is 5.91 Å². The summed E-state index contributed by atoms with van der Waals surface area (Å²) in [6.45, 7) is 5.33. The smallest absolute Gasteiger partial charge is 0.349 e. The summed E-state index contributed by atoms with van der Waals surface area (Å²) < 4.78 is 30.3. The molecule has 156 valence electrons. The van der Waals surface area contributed by atoms with E-state index in [1.807, 2.05) is 26.0 Å². The number of amides is 1. The van der Waals surface area contributed by atoms with Crippen LogP contribution in [0.15, 0.2) is 11.6 Å². The lowest BCUT2D eigenvalue weighted by molar-refractivity contribution is -0.150. The van der Waals surface area contributed by atoms with Crippen molar-refractivity contribution in [2.75, 3.05) is 11.5 Å². The monoisotopic (exact) mass is 419 g/mol. The minimum Gasteiger partial charge on any atom is -0.448 e. The molecule has 1 N–H and O–H groups in total. The Morgan fingerprint density at radius 2 is 2.03 bits per heavy atom. The van der Waals surface area contributed by atoms with E-state index in [1.165, 1.54) is 13.0 Å². The van der Waals surface area contributed by atoms with E-state index in [9.17, 15) is 23.3 Å². The summed E-state index contributed by atoms with van der Waals surface area (Å²) in [5, 5.41) is 12.0. The Hall–Kier alpha value is -2.60. The predicted molar refractivity (Wildman–Crippen MR) is 107 cm³/mol. The molecule has 1 aliphatic carbocycles. The Balaban J connectivity index is 1.65. The summed E-state index contributed by atoms with van der Waals surface area (Å²) in [6, 6.07) is 3.78. The molecule has 2 aliphatic rings. The molecule has 0 radical (unpaired) electrons. The predicted octanol–water partition coefficient (Wildman–Crippen LogP) is 1.58. The topological polar surface area (TPSA) is 118 Å². The fourth-order valence-corrected chi connectivity index (χ4v) is 5.31. The molecule has 1 saturated carbocycles. The van der Waals surface area contributed by atoms with Crippen LogP contribution in [-0.4, -0.2) is 48.5 Å². The molecular weight excluding hydrogens is 394 g/mol. The second kappa shape index (κ2) is 8.03. The number of nitrogens with one attached hydrogen (secondary N) is 1. The lowest BCUT2D eigenvalue weighted by Gasteiger charge is -2.16. The van der Waals surface area contributed by atoms with E-state index < -0.39 is 33.9 Å². The zero-order valence-corrected chi connectivity index (χ0v) is 17.6. The first-order valence-corrected chi connectivity index (χ1v) is 11.5. The molecule has 0 unspecified atom stereocenters. The van der Waals surface area contributed by atoms with Gasteiger partial charge in [0.15, 0.2) is 15.9 Å². The van der Waals surface area contributed by atoms with Crippen LogP contribution in [-0.2, 0) is 24.2 Å². The van der Waals surface area contributed by atoms with Gasteiger partial charge >= 0.3 is 5.97 Å². The number of sulfone groups is 1. The van der Waals surface area contributed by atoms with Crippen LogP contribution >= 0.6 is 0 Å². The molecule has 2 heterocycles. The normalized spacial score (nSPS) is 22.0. The van der Waals surface area contributed by atoms with Gasteiger partial charge in [-0.3, -0.25) is 4.79 Å². The van der Waals surface area contributed by atoms with Crippen molar-refractivity contribution in [3.63, 3.8) is 0 Å². The van der Waals surface area contributed by atoms with Crippen molar-refractivity contribution in [2.24, 2.45) is 0 Å². The lowest BCUT2D eigenvalue weighted by atomic mass is 10.1. The lowest BCUT2D eigenvalue weighted by Crippen LogP contribution is -2.42. The number of nitriles is 1. The molecule has 3 rings (SSSR count). The Bertz CT molecular complexity index is 1010. The summed E-state index contributed by atoms with van der Waals surface area (Å²) >= 11 is 0. The van der Waals surface area contributed by atoms with E-state index in [2.05, 4.69) is 9.88 Å². The highest BCUT2D eigenvalue weighted by Crippen LogP contribution is 2.38. The molecule has 0 bridgehead atoms. The number of carbonyl (C=O) groups is 2. The van der Waals surface area contributed by atoms with E-state index in [4.69, 9.17) is 4.74 Å². The van der Waals surface area contributed by atoms with Crippen LogP contribution in [0.4, 0.5) is 0 Å². The molecule has 2 fully saturated rings. The number of esters is 1. The zero-order chi connectivity index (χ0) is 21.3. The van der Waals surface area contributed by atoms with Crippen LogP contribution in [0.25, 0.3) is 6.08 Å². The summed E-state index contributed by atoms with van der Waals surface area (Å²) in [4.78, 5) is 24.6. The van der Waals surface area contributed by atoms with Crippen LogP contribution in [0.5, 0.6) is 0 Å². The van der Waals surface area contributed by atoms with Gasteiger partial charge in [0.1, 0.15) is 11.6 Å². The van der Waals surface area contributed by atoms with Gasteiger partial charge in [0.2, 0.25) is 0 Å². The van der Waals surface area contributed by atoms with Gasteiger partial charge in [-0.2, -0.15) is 5.26 Å². The Morgan fingerprint density at radius 3 is 2.59 bits per heavy atom. The van der Waals surface area contributed by atoms with Crippen molar-refractivity contribution < 1.29 is 22.7 Å². The number of carbonyl (C=O) groups excluding carboxylic acids is 2. The van der Waals surface area contributed by atoms with Crippen molar-refractivity contribution in [1.82, 2.24) is 9.88 Å². The first-order chi connectivity index (χ1) is 13.6. The highest BCUT2D eigenvalue weighted by molar-refractivity contribution is 7.91. The first-order valence-electron chi connectivity index (χ1n) is 9.63. The zero-order valence-electron chi connectivity index (χ0n) is 16.8. The van der Waals surface area contributed by atoms with E-state index >= 15 is 0 Å². The van der Waals surface area contributed by atoms with Crippen LogP contribution < -0.4 is 5.32 Å². The Labute approximate surface area is 170 Å². The average Bonchev–Trinajstić information content (AvgIpc) is 3.35. The third kappa shape index (κ3) is 4.88. The van der Waals surface area contributed by atoms with Crippen molar-refractivity contribution in [2.45, 2.75) is 58.2 Å². The fourth-order valence-electron chi connectivity index (χ4n) is 3.64. The fraction of sp³-hybridized carbons (Fsp3) is 0.550. The van der Waals surface area contributed by atoms with Gasteiger partial charge in [-0.1, -0.05) is 0 Å². The number of hydrogen-bond donors (Lipinski definition) is 1. The van der Waals surface area contributed by atoms with Gasteiger partial charge in [-0.15, -0.1) is 0 Å². The number of aromatic nitrogens is 1. The van der Waals surface area contributed by atoms with Crippen LogP contribution in [0.1, 0.15) is 49.2 Å². The van der Waals surface area contributed by atoms with Gasteiger partial charge in [0.05, 0.1) is 11.5 Å². The summed E-state index contributed by atoms with van der Waals surface area (Å²) in [6.07, 6.45) is 2.94. The van der Waals surface area contributed by atoms with E-state index in [0.717, 1.165) is 29.8 Å². The van der Waals surface area contributed by atoms with Crippen molar-refractivity contribution in [1.29, 1.82) is 5.26 Å². The quantitative estimate of drug-likeness (QED) is 0.425. The maximum Gasteiger partial charge on any atom is 0.349 e. The SMILES string of the molecule is Cc1cc(/C=C(\C#N)C(=O)O[C@@H](C)C(=O)N[C@H]2CCS(=O)(=O)C2)c(C)n1C1CC1. The van der Waals surface area contributed by atoms with Crippen LogP contribution in [0.2, 0.25) is 0 Å². The molecule has 1 amide bonds. The average molecular weight is 420 g/mol. The largest absolute Gasteiger partial charge is 0.448 e. The summed E-state index contributed by atoms with van der Waals surface area (Å²) in [5.74, 6) is -1.54. The van der Waals surface area contributed by atoms with Crippen molar-refractivity contribution in [3.05, 3.63) is 28.6 Å². The molecule has 0 aromatic carbocycles. The van der Waals surface area contributed by atoms with E-state index in [-0.39, 0.29) is 17.1 Å². The number of hydrogen-bond acceptors (Lipinski definition) is 6. The van der Waals surface area contributed by atoms with Crippen LogP contribution in [0.3, 0.4) is 0 Å². The molecule has 1 saturated heterocycles. The maximum absolute atomic E-state index is 12.4. The molecule has 8 nitrogen and oxygen atoms in total. The van der Waals surface area contributed by atoms with E-state index in [0.29, 0.717) is 12.5 Å². The number of aryl methyl sites for hydroxylation is 1. The number of nitrogens with zero attached hydrogens (tertiary/aromatic N) is 2. The Kier molecular flexibility index (Phi) is 5.85. The standard InChI is InChI=1S/C20H25N3O5S/c1-12-8-15(13(2)23(12)18-4-5-18)9-16(10-21)20(25)28-14(3)19(24)22-17-6-7-29(26,27)11-17/h8-9,14,17-18H,4-7,11H2,1-3H3,(H,22,24)/b16-9+/t14-,17-/m0/s1. The number of ether oxygens (including phenoxy) is 1. The maximum atomic E-state index is 12.4. The third-order valence-electron chi connectivity index (χ3n) is 5.31. The van der Waals surface area contributed by atoms with Crippen LogP contribution in [0, 0.1) is 25.2 Å². The molecule has 9 heteroatoms. The van der Waals surface area contributed by atoms with Crippen molar-refractivity contribution in [3.8, 4) is 6.07 Å². The summed E-state index contributed by atoms with van der Waals surface area (Å²) in [7, 11) is -3.13. The van der Waals surface area contributed by atoms with Crippen molar-refractivity contribution >= 4 is 27.8 Å². The highest BCUT2D eigenvalue weighted by Gasteiger charge is 2.31. The summed E-state index contributed by atoms with van der Waals surface area (Å²) in [5.41, 5.74) is 2.64. The molecule has 0 spiro atoms. The molecule has 1 aromatic rings. The highest BCUT2D eigenvalue weighted by atomic mass is 32.2. The molecule has 29 heavy (non-hydrogen) atoms. The third-order valence-corrected chi connectivity index (χ3v) is 7.08. The minimum absolute atomic E-state index is 0.0344. The number of rotatable bonds is 6. The molecule has 2 atom stereocenters. The second-order valence-corrected chi connectivity index (χ2v) is 9.98. The van der Waals surface area contributed by atoms with Gasteiger partial charge < -0.3 is 14.6 Å². The first kappa shape index (κ1) is 21.1. The van der Waals surface area contributed by atoms with Gasteiger partial charge in [0, 0.05) is 23.5 Å². The molecule has 1 aromatic heterocycles. The second-order valence-electron chi connectivity index (χ2n) is 7.75. The minimum atomic E-state index is -3.13. The molecule has 1 aliphatic heterocycles. The molecular formula is C20H25N3O5S. The Morgan fingerprint density at radius 1 is 1.34 bits per heavy atom. The van der Waals surface area contributed by atoms with Gasteiger partial charge in [-0.25, -0.2) is 13.2 Å². The van der Waals surface area contributed by atoms with E-state index in [1.54, 1.807) is 0 Å². The van der Waals surface area contributed by atoms with Gasteiger partial charge in [-0.05, 0) is 57.7 Å².